The number of nitrogens with zero attached hydrogens (tertiary/aromatic N) is 1. The van der Waals surface area contributed by atoms with Crippen molar-refractivity contribution in [3.05, 3.63) is 57.3 Å². The van der Waals surface area contributed by atoms with E-state index >= 15 is 0 Å². The molecule has 1 atom stereocenters. The third-order valence-corrected chi connectivity index (χ3v) is 5.52. The molecule has 1 aliphatic rings. The topological polar surface area (TPSA) is 57.6 Å². The van der Waals surface area contributed by atoms with E-state index in [9.17, 15) is 14.7 Å². The molecule has 3 rings (SSSR count). The van der Waals surface area contributed by atoms with E-state index < -0.39 is 5.60 Å². The van der Waals surface area contributed by atoms with Crippen LogP contribution in [0.5, 0.6) is 0 Å². The van der Waals surface area contributed by atoms with Crippen LogP contribution in [0.1, 0.15) is 43.8 Å². The van der Waals surface area contributed by atoms with Crippen molar-refractivity contribution in [2.24, 2.45) is 0 Å². The van der Waals surface area contributed by atoms with Gasteiger partial charge in [0.15, 0.2) is 5.78 Å². The minimum Gasteiger partial charge on any atom is -0.383 e. The van der Waals surface area contributed by atoms with Crippen LogP contribution in [0, 0.1) is 6.92 Å². The van der Waals surface area contributed by atoms with Crippen molar-refractivity contribution >= 4 is 23.0 Å². The summed E-state index contributed by atoms with van der Waals surface area (Å²) >= 11 is 1.21. The van der Waals surface area contributed by atoms with Gasteiger partial charge in [0, 0.05) is 6.54 Å². The molecule has 1 unspecified atom stereocenters. The number of likely N-dealkylation sites (tertiary alicyclic amines) is 1. The van der Waals surface area contributed by atoms with Crippen LogP contribution in [0.15, 0.2) is 36.4 Å². The number of carbonyl (C=O) groups excluding carboxylic acids is 2. The van der Waals surface area contributed by atoms with Crippen LogP contribution in [0.4, 0.5) is 0 Å². The van der Waals surface area contributed by atoms with Crippen LogP contribution < -0.4 is 0 Å². The van der Waals surface area contributed by atoms with E-state index in [0.29, 0.717) is 22.7 Å². The largest absolute Gasteiger partial charge is 0.383 e. The first-order chi connectivity index (χ1) is 10.9. The van der Waals surface area contributed by atoms with E-state index in [1.165, 1.54) is 18.3 Å². The summed E-state index contributed by atoms with van der Waals surface area (Å²) < 4.78 is 0. The Bertz CT molecular complexity index is 767. The molecule has 23 heavy (non-hydrogen) atoms. The van der Waals surface area contributed by atoms with Crippen molar-refractivity contribution in [3.63, 3.8) is 0 Å². The smallest absolute Gasteiger partial charge is 0.264 e. The van der Waals surface area contributed by atoms with Gasteiger partial charge in [-0.25, -0.2) is 0 Å². The summed E-state index contributed by atoms with van der Waals surface area (Å²) in [6, 6.07) is 11.1. The summed E-state index contributed by atoms with van der Waals surface area (Å²) in [4.78, 5) is 26.8. The zero-order valence-corrected chi connectivity index (χ0v) is 14.0. The first-order valence-electron chi connectivity index (χ1n) is 7.59. The van der Waals surface area contributed by atoms with Crippen LogP contribution in [-0.2, 0) is 5.60 Å². The summed E-state index contributed by atoms with van der Waals surface area (Å²) in [6.45, 7) is 4.25. The van der Waals surface area contributed by atoms with Gasteiger partial charge in [0.25, 0.3) is 5.91 Å². The highest BCUT2D eigenvalue weighted by Crippen LogP contribution is 2.35. The van der Waals surface area contributed by atoms with E-state index in [1.807, 2.05) is 31.2 Å². The molecule has 1 fully saturated rings. The molecule has 2 aromatic rings. The highest BCUT2D eigenvalue weighted by atomic mass is 32.1. The lowest BCUT2D eigenvalue weighted by molar-refractivity contribution is 0.0414. The van der Waals surface area contributed by atoms with Gasteiger partial charge in [0.1, 0.15) is 5.60 Å². The van der Waals surface area contributed by atoms with E-state index in [4.69, 9.17) is 0 Å². The Labute approximate surface area is 139 Å². The quantitative estimate of drug-likeness (QED) is 0.881. The number of hydrogen-bond donors (Lipinski definition) is 1. The number of carbonyl (C=O) groups is 2. The number of aliphatic hydroxyl groups is 1. The van der Waals surface area contributed by atoms with E-state index in [0.717, 1.165) is 11.1 Å². The van der Waals surface area contributed by atoms with Crippen LogP contribution in [0.3, 0.4) is 0 Å². The van der Waals surface area contributed by atoms with Crippen molar-refractivity contribution in [3.8, 4) is 0 Å². The van der Waals surface area contributed by atoms with E-state index in [-0.39, 0.29) is 18.2 Å². The number of aryl methyl sites for hydroxylation is 1. The number of amides is 1. The predicted octanol–water partition coefficient (Wildman–Crippen LogP) is 2.99. The van der Waals surface area contributed by atoms with Gasteiger partial charge in [-0.1, -0.05) is 24.3 Å². The predicted molar refractivity (Wildman–Crippen MR) is 89.9 cm³/mol. The average molecular weight is 329 g/mol. The highest BCUT2D eigenvalue weighted by molar-refractivity contribution is 7.15. The van der Waals surface area contributed by atoms with Crippen molar-refractivity contribution in [2.45, 2.75) is 25.9 Å². The monoisotopic (exact) mass is 329 g/mol. The number of ketones is 1. The molecule has 1 aromatic heterocycles. The van der Waals surface area contributed by atoms with Crippen LogP contribution in [-0.4, -0.2) is 34.8 Å². The molecule has 1 amide bonds. The molecule has 2 heterocycles. The molecule has 1 aliphatic heterocycles. The molecule has 0 radical (unpaired) electrons. The Morgan fingerprint density at radius 2 is 1.87 bits per heavy atom. The first-order valence-corrected chi connectivity index (χ1v) is 8.41. The van der Waals surface area contributed by atoms with Crippen LogP contribution >= 0.6 is 11.3 Å². The van der Waals surface area contributed by atoms with Crippen molar-refractivity contribution in [2.75, 3.05) is 13.1 Å². The molecule has 1 N–H and O–H groups in total. The Morgan fingerprint density at radius 1 is 1.17 bits per heavy atom. The second-order valence-corrected chi connectivity index (χ2v) is 7.13. The summed E-state index contributed by atoms with van der Waals surface area (Å²) in [7, 11) is 0. The minimum atomic E-state index is -0.998. The number of rotatable bonds is 3. The van der Waals surface area contributed by atoms with Gasteiger partial charge in [-0.2, -0.15) is 0 Å². The minimum absolute atomic E-state index is 0.0353. The highest BCUT2D eigenvalue weighted by Gasteiger charge is 2.40. The van der Waals surface area contributed by atoms with E-state index in [1.54, 1.807) is 17.0 Å². The van der Waals surface area contributed by atoms with Crippen LogP contribution in [0.2, 0.25) is 0 Å². The third-order valence-electron chi connectivity index (χ3n) is 4.35. The lowest BCUT2D eigenvalue weighted by atomic mass is 9.89. The molecule has 0 aliphatic carbocycles. The van der Waals surface area contributed by atoms with Gasteiger partial charge in [0.05, 0.1) is 16.3 Å². The normalized spacial score (nSPS) is 20.7. The van der Waals surface area contributed by atoms with Crippen molar-refractivity contribution < 1.29 is 14.7 Å². The second-order valence-electron chi connectivity index (χ2n) is 6.04. The maximum Gasteiger partial charge on any atom is 0.264 e. The summed E-state index contributed by atoms with van der Waals surface area (Å²) in [5, 5.41) is 11.0. The van der Waals surface area contributed by atoms with E-state index in [2.05, 4.69) is 0 Å². The van der Waals surface area contributed by atoms with Crippen molar-refractivity contribution in [1.29, 1.82) is 0 Å². The molecule has 0 bridgehead atoms. The number of benzene rings is 1. The fraction of sp³-hybridized carbons (Fsp3) is 0.333. The van der Waals surface area contributed by atoms with Crippen molar-refractivity contribution in [1.82, 2.24) is 4.90 Å². The average Bonchev–Trinajstić information content (AvgIpc) is 3.15. The molecule has 5 heteroatoms. The lowest BCUT2D eigenvalue weighted by Crippen LogP contribution is -2.34. The Kier molecular flexibility index (Phi) is 4.08. The van der Waals surface area contributed by atoms with Gasteiger partial charge >= 0.3 is 0 Å². The van der Waals surface area contributed by atoms with Gasteiger partial charge in [-0.3, -0.25) is 9.59 Å². The zero-order chi connectivity index (χ0) is 16.6. The Hall–Kier alpha value is -1.98. The number of β-amino-alcohol motifs (C(OH)–C–C–N with tert-alkyl or cyclic N) is 1. The standard InChI is InChI=1S/C18H19NO3S/c1-12-5-3-4-6-14(12)18(22)9-10-19(11-18)17(21)16-8-7-15(23-16)13(2)20/h3-8,22H,9-11H2,1-2H3. The number of thiophene rings is 1. The number of hydrogen-bond acceptors (Lipinski definition) is 4. The van der Waals surface area contributed by atoms with Gasteiger partial charge < -0.3 is 10.0 Å². The van der Waals surface area contributed by atoms with Gasteiger partial charge in [-0.05, 0) is 43.5 Å². The first kappa shape index (κ1) is 15.9. The molecule has 0 spiro atoms. The van der Waals surface area contributed by atoms with Gasteiger partial charge in [0.2, 0.25) is 0 Å². The molecule has 120 valence electrons. The molecular formula is C18H19NO3S. The summed E-state index contributed by atoms with van der Waals surface area (Å²) in [5.41, 5.74) is 0.909. The molecule has 1 saturated heterocycles. The Morgan fingerprint density at radius 3 is 2.52 bits per heavy atom. The summed E-state index contributed by atoms with van der Waals surface area (Å²) in [6.07, 6.45) is 0.522. The molecule has 1 aromatic carbocycles. The van der Waals surface area contributed by atoms with Crippen LogP contribution in [0.25, 0.3) is 0 Å². The third kappa shape index (κ3) is 2.94. The SMILES string of the molecule is CC(=O)c1ccc(C(=O)N2CCC(O)(c3ccccc3C)C2)s1. The summed E-state index contributed by atoms with van der Waals surface area (Å²) in [5.74, 6) is -0.154. The maximum atomic E-state index is 12.6. The molecule has 0 saturated carbocycles. The molecule has 4 nitrogen and oxygen atoms in total. The lowest BCUT2D eigenvalue weighted by Gasteiger charge is -2.25. The fourth-order valence-electron chi connectivity index (χ4n) is 3.08. The zero-order valence-electron chi connectivity index (χ0n) is 13.2. The second kappa shape index (κ2) is 5.91. The fourth-order valence-corrected chi connectivity index (χ4v) is 3.95. The Balaban J connectivity index is 1.80. The maximum absolute atomic E-state index is 12.6. The number of Topliss-reactive ketones (excluding diaryl/α,β-unsaturated/α-hetero) is 1. The van der Waals surface area contributed by atoms with Gasteiger partial charge in [-0.15, -0.1) is 11.3 Å². The molecular weight excluding hydrogens is 310 g/mol.